The van der Waals surface area contributed by atoms with E-state index in [1.54, 1.807) is 0 Å². The van der Waals surface area contributed by atoms with Gasteiger partial charge in [-0.1, -0.05) is 44.8 Å². The van der Waals surface area contributed by atoms with E-state index in [1.807, 2.05) is 0 Å². The fraction of sp³-hybridized carbons (Fsp3) is 0.704. The molecule has 0 amide bonds. The minimum absolute atomic E-state index is 0.0108. The highest BCUT2D eigenvalue weighted by Crippen LogP contribution is 2.45. The van der Waals surface area contributed by atoms with Crippen LogP contribution in [-0.4, -0.2) is 6.36 Å². The first-order valence-electron chi connectivity index (χ1n) is 12.7. The Bertz CT molecular complexity index is 733. The van der Waals surface area contributed by atoms with Crippen LogP contribution in [0.1, 0.15) is 102 Å². The van der Waals surface area contributed by atoms with E-state index in [9.17, 15) is 22.0 Å². The third kappa shape index (κ3) is 7.99. The third-order valence-electron chi connectivity index (χ3n) is 7.68. The third-order valence-corrected chi connectivity index (χ3v) is 7.68. The number of rotatable bonds is 9. The van der Waals surface area contributed by atoms with Crippen molar-refractivity contribution in [1.82, 2.24) is 0 Å². The van der Waals surface area contributed by atoms with E-state index in [4.69, 9.17) is 0 Å². The maximum atomic E-state index is 14.1. The number of allylic oxidation sites excluding steroid dienone is 2. The molecular weight excluding hydrogens is 435 g/mol. The van der Waals surface area contributed by atoms with Crippen molar-refractivity contribution in [2.24, 2.45) is 17.8 Å². The summed E-state index contributed by atoms with van der Waals surface area (Å²) in [5, 5.41) is 0. The highest BCUT2D eigenvalue weighted by Gasteiger charge is 2.35. The van der Waals surface area contributed by atoms with E-state index in [0.29, 0.717) is 11.5 Å². The number of alkyl halides is 3. The quantitative estimate of drug-likeness (QED) is 0.198. The fourth-order valence-corrected chi connectivity index (χ4v) is 5.88. The van der Waals surface area contributed by atoms with Gasteiger partial charge in [0.05, 0.1) is 0 Å². The molecule has 0 unspecified atom stereocenters. The van der Waals surface area contributed by atoms with Crippen LogP contribution in [0.4, 0.5) is 22.0 Å². The van der Waals surface area contributed by atoms with Crippen molar-refractivity contribution < 1.29 is 26.7 Å². The van der Waals surface area contributed by atoms with Gasteiger partial charge < -0.3 is 4.74 Å². The zero-order valence-corrected chi connectivity index (χ0v) is 19.6. The van der Waals surface area contributed by atoms with Crippen LogP contribution < -0.4 is 4.74 Å². The Morgan fingerprint density at radius 1 is 0.848 bits per heavy atom. The van der Waals surface area contributed by atoms with Gasteiger partial charge in [-0.05, 0) is 99.2 Å². The molecule has 6 heteroatoms. The Kier molecular flexibility index (Phi) is 9.63. The minimum Gasteiger partial charge on any atom is -0.399 e. The van der Waals surface area contributed by atoms with Crippen molar-refractivity contribution in [3.8, 4) is 5.75 Å². The van der Waals surface area contributed by atoms with Gasteiger partial charge >= 0.3 is 6.36 Å². The molecule has 0 aliphatic heterocycles. The zero-order valence-electron chi connectivity index (χ0n) is 19.6. The second-order valence-corrected chi connectivity index (χ2v) is 9.92. The van der Waals surface area contributed by atoms with Gasteiger partial charge in [-0.25, -0.2) is 8.78 Å². The molecular formula is C27H37F5O. The average Bonchev–Trinajstić information content (AvgIpc) is 2.78. The van der Waals surface area contributed by atoms with Crippen molar-refractivity contribution >= 4 is 0 Å². The molecule has 186 valence electrons. The molecule has 2 aliphatic carbocycles. The van der Waals surface area contributed by atoms with E-state index in [1.165, 1.54) is 51.4 Å². The molecule has 3 rings (SSSR count). The maximum absolute atomic E-state index is 14.1. The topological polar surface area (TPSA) is 9.23 Å². The molecule has 0 spiro atoms. The lowest BCUT2D eigenvalue weighted by Crippen LogP contribution is -2.25. The lowest BCUT2D eigenvalue weighted by atomic mass is 9.68. The van der Waals surface area contributed by atoms with Gasteiger partial charge in [-0.3, -0.25) is 0 Å². The molecule has 33 heavy (non-hydrogen) atoms. The molecule has 1 nitrogen and oxygen atoms in total. The summed E-state index contributed by atoms with van der Waals surface area (Å²) < 4.78 is 68.8. The lowest BCUT2D eigenvalue weighted by Gasteiger charge is -2.38. The standard InChI is InChI=1S/C27H37F5O/c1-2-3-4-5-6-7-8-19-9-11-20(12-10-19)21-13-15-22(16-14-21)23-17-24(28)26(25(29)18-23)33-27(30,31)32/h3-4,17-22H,2,5-16H2,1H3/b4-3+/t19-,20-,21-,22-. The van der Waals surface area contributed by atoms with E-state index in [-0.39, 0.29) is 5.92 Å². The van der Waals surface area contributed by atoms with Gasteiger partial charge in [0.25, 0.3) is 0 Å². The highest BCUT2D eigenvalue weighted by molar-refractivity contribution is 5.33. The van der Waals surface area contributed by atoms with Gasteiger partial charge in [0.15, 0.2) is 11.6 Å². The van der Waals surface area contributed by atoms with Crippen molar-refractivity contribution in [3.63, 3.8) is 0 Å². The minimum atomic E-state index is -5.12. The van der Waals surface area contributed by atoms with Crippen molar-refractivity contribution in [3.05, 3.63) is 41.5 Å². The predicted molar refractivity (Wildman–Crippen MR) is 121 cm³/mol. The summed E-state index contributed by atoms with van der Waals surface area (Å²) in [4.78, 5) is 0. The summed E-state index contributed by atoms with van der Waals surface area (Å²) in [7, 11) is 0. The van der Waals surface area contributed by atoms with Crippen LogP contribution in [0, 0.1) is 29.4 Å². The number of halogens is 5. The number of ether oxygens (including phenoxy) is 1. The fourth-order valence-electron chi connectivity index (χ4n) is 5.88. The largest absolute Gasteiger partial charge is 0.573 e. The van der Waals surface area contributed by atoms with Crippen LogP contribution in [0.5, 0.6) is 5.75 Å². The summed E-state index contributed by atoms with van der Waals surface area (Å²) in [6.07, 6.45) is 14.5. The van der Waals surface area contributed by atoms with Gasteiger partial charge in [0, 0.05) is 0 Å². The Labute approximate surface area is 194 Å². The Morgan fingerprint density at radius 2 is 1.42 bits per heavy atom. The first-order valence-corrected chi connectivity index (χ1v) is 12.7. The van der Waals surface area contributed by atoms with Gasteiger partial charge in [-0.15, -0.1) is 13.2 Å². The smallest absolute Gasteiger partial charge is 0.399 e. The molecule has 1 aromatic rings. The van der Waals surface area contributed by atoms with Crippen LogP contribution >= 0.6 is 0 Å². The second kappa shape index (κ2) is 12.2. The molecule has 2 fully saturated rings. The predicted octanol–water partition coefficient (Wildman–Crippen LogP) is 9.47. The van der Waals surface area contributed by atoms with Gasteiger partial charge in [0.2, 0.25) is 5.75 Å². The molecule has 0 heterocycles. The summed E-state index contributed by atoms with van der Waals surface area (Å²) in [6, 6.07) is 2.02. The van der Waals surface area contributed by atoms with Crippen molar-refractivity contribution in [2.75, 3.05) is 0 Å². The number of benzene rings is 1. The van der Waals surface area contributed by atoms with Crippen molar-refractivity contribution in [1.29, 1.82) is 0 Å². The molecule has 2 aliphatic rings. The molecule has 0 atom stereocenters. The maximum Gasteiger partial charge on any atom is 0.573 e. The van der Waals surface area contributed by atoms with E-state index in [2.05, 4.69) is 23.8 Å². The molecule has 0 N–H and O–H groups in total. The Balaban J connectivity index is 1.42. The van der Waals surface area contributed by atoms with Crippen LogP contribution in [0.3, 0.4) is 0 Å². The number of hydrogen-bond acceptors (Lipinski definition) is 1. The summed E-state index contributed by atoms with van der Waals surface area (Å²) in [5.74, 6) is -1.70. The van der Waals surface area contributed by atoms with Gasteiger partial charge in [0.1, 0.15) is 0 Å². The van der Waals surface area contributed by atoms with Crippen LogP contribution in [0.15, 0.2) is 24.3 Å². The highest BCUT2D eigenvalue weighted by atomic mass is 19.4. The molecule has 1 aromatic carbocycles. The van der Waals surface area contributed by atoms with Crippen LogP contribution in [0.2, 0.25) is 0 Å². The first-order chi connectivity index (χ1) is 15.8. The van der Waals surface area contributed by atoms with Gasteiger partial charge in [-0.2, -0.15) is 0 Å². The summed E-state index contributed by atoms with van der Waals surface area (Å²) in [5.41, 5.74) is 0.440. The van der Waals surface area contributed by atoms with E-state index < -0.39 is 23.7 Å². The zero-order chi connectivity index (χ0) is 23.8. The molecule has 0 aromatic heterocycles. The average molecular weight is 473 g/mol. The first kappa shape index (κ1) is 26.0. The van der Waals surface area contributed by atoms with Crippen molar-refractivity contribution in [2.45, 2.75) is 103 Å². The summed E-state index contributed by atoms with van der Waals surface area (Å²) in [6.45, 7) is 2.16. The molecule has 2 saturated carbocycles. The summed E-state index contributed by atoms with van der Waals surface area (Å²) >= 11 is 0. The van der Waals surface area contributed by atoms with E-state index in [0.717, 1.165) is 56.1 Å². The Hall–Kier alpha value is -1.59. The van der Waals surface area contributed by atoms with E-state index >= 15 is 0 Å². The molecule has 0 bridgehead atoms. The number of hydrogen-bond donors (Lipinski definition) is 0. The van der Waals surface area contributed by atoms with Crippen LogP contribution in [-0.2, 0) is 0 Å². The molecule has 0 radical (unpaired) electrons. The monoisotopic (exact) mass is 472 g/mol. The second-order valence-electron chi connectivity index (χ2n) is 9.92. The molecule has 0 saturated heterocycles. The number of unbranched alkanes of at least 4 members (excludes halogenated alkanes) is 2. The lowest BCUT2D eigenvalue weighted by molar-refractivity contribution is -0.276. The van der Waals surface area contributed by atoms with Crippen LogP contribution in [0.25, 0.3) is 0 Å². The Morgan fingerprint density at radius 3 is 1.97 bits per heavy atom. The normalized spacial score (nSPS) is 26.6. The SMILES string of the molecule is CC/C=C/CCCC[C@H]1CC[C@H]([C@H]2CC[C@H](c3cc(F)c(OC(F)(F)F)c(F)c3)CC2)CC1.